The van der Waals surface area contributed by atoms with Crippen molar-refractivity contribution >= 4 is 11.9 Å². The fraction of sp³-hybridized carbons (Fsp3) is 0.857. The van der Waals surface area contributed by atoms with Gasteiger partial charge in [-0.15, -0.1) is 0 Å². The van der Waals surface area contributed by atoms with Crippen molar-refractivity contribution in [2.45, 2.75) is 19.8 Å². The van der Waals surface area contributed by atoms with E-state index in [0.717, 1.165) is 25.9 Å². The van der Waals surface area contributed by atoms with Crippen LogP contribution in [0, 0.1) is 5.92 Å². The van der Waals surface area contributed by atoms with Gasteiger partial charge in [0.25, 0.3) is 0 Å². The van der Waals surface area contributed by atoms with Crippen molar-refractivity contribution in [1.29, 1.82) is 0 Å². The molecule has 6 nitrogen and oxygen atoms in total. The topological polar surface area (TPSA) is 64.1 Å². The molecule has 0 saturated heterocycles. The fourth-order valence-electron chi connectivity index (χ4n) is 1.87. The Labute approximate surface area is 122 Å². The maximum Gasteiger partial charge on any atom is 0.315 e. The minimum atomic E-state index is -1.06. The van der Waals surface area contributed by atoms with Crippen molar-refractivity contribution in [2.24, 2.45) is 5.92 Å². The smallest absolute Gasteiger partial charge is 0.315 e. The molecule has 1 atom stereocenters. The molecule has 0 bridgehead atoms. The third-order valence-corrected chi connectivity index (χ3v) is 3.12. The first kappa shape index (κ1) is 18.9. The molecule has 0 rings (SSSR count). The number of carbonyl (C=O) groups is 2. The molecule has 6 heteroatoms. The van der Waals surface area contributed by atoms with Crippen LogP contribution >= 0.6 is 0 Å². The zero-order valence-electron chi connectivity index (χ0n) is 13.4. The van der Waals surface area contributed by atoms with Crippen LogP contribution in [0.15, 0.2) is 0 Å². The number of rotatable bonds is 10. The molecule has 118 valence electrons. The molecule has 0 aliphatic heterocycles. The summed E-state index contributed by atoms with van der Waals surface area (Å²) in [6.45, 7) is 4.46. The summed E-state index contributed by atoms with van der Waals surface area (Å²) in [5.41, 5.74) is 0. The third-order valence-electron chi connectivity index (χ3n) is 3.12. The number of carboxylic acid groups (broad SMARTS) is 1. The fourth-order valence-corrected chi connectivity index (χ4v) is 1.87. The average molecular weight is 287 g/mol. The highest BCUT2D eigenvalue weighted by Gasteiger charge is 2.25. The number of hydrogen-bond acceptors (Lipinski definition) is 4. The van der Waals surface area contributed by atoms with Gasteiger partial charge in [-0.2, -0.15) is 0 Å². The van der Waals surface area contributed by atoms with Crippen molar-refractivity contribution < 1.29 is 14.7 Å². The molecular weight excluding hydrogens is 258 g/mol. The monoisotopic (exact) mass is 287 g/mol. The van der Waals surface area contributed by atoms with Crippen molar-refractivity contribution in [3.63, 3.8) is 0 Å². The average Bonchev–Trinajstić information content (AvgIpc) is 2.34. The van der Waals surface area contributed by atoms with E-state index in [1.54, 1.807) is 4.90 Å². The largest absolute Gasteiger partial charge is 0.481 e. The first-order valence-electron chi connectivity index (χ1n) is 7.06. The summed E-state index contributed by atoms with van der Waals surface area (Å²) in [5, 5.41) is 8.96. The quantitative estimate of drug-likeness (QED) is 0.591. The zero-order chi connectivity index (χ0) is 15.7. The lowest BCUT2D eigenvalue weighted by molar-refractivity contribution is -0.150. The highest BCUT2D eigenvalue weighted by molar-refractivity contribution is 5.96. The van der Waals surface area contributed by atoms with Crippen molar-refractivity contribution in [1.82, 2.24) is 14.7 Å². The van der Waals surface area contributed by atoms with Crippen LogP contribution in [0.5, 0.6) is 0 Å². The predicted molar refractivity (Wildman–Crippen MR) is 79.7 cm³/mol. The predicted octanol–water partition coefficient (Wildman–Crippen LogP) is 0.439. The number of carboxylic acids is 1. The Bertz CT molecular complexity index is 292. The van der Waals surface area contributed by atoms with Crippen LogP contribution in [0.4, 0.5) is 0 Å². The van der Waals surface area contributed by atoms with Gasteiger partial charge in [-0.05, 0) is 61.0 Å². The molecule has 0 fully saturated rings. The highest BCUT2D eigenvalue weighted by Crippen LogP contribution is 2.06. The molecule has 0 radical (unpaired) electrons. The first-order valence-corrected chi connectivity index (χ1v) is 7.06. The van der Waals surface area contributed by atoms with Gasteiger partial charge in [0, 0.05) is 13.1 Å². The lowest BCUT2D eigenvalue weighted by Crippen LogP contribution is -2.40. The number of hydrogen-bond donors (Lipinski definition) is 1. The van der Waals surface area contributed by atoms with Gasteiger partial charge >= 0.3 is 5.97 Å². The summed E-state index contributed by atoms with van der Waals surface area (Å²) in [7, 11) is 7.94. The van der Waals surface area contributed by atoms with E-state index >= 15 is 0 Å². The second kappa shape index (κ2) is 9.72. The van der Waals surface area contributed by atoms with E-state index in [-0.39, 0.29) is 5.91 Å². The van der Waals surface area contributed by atoms with E-state index < -0.39 is 11.9 Å². The molecule has 0 heterocycles. The SMILES string of the molecule is CC(C(=O)O)C(=O)N(CCCN(C)C)CCCN(C)C. The molecule has 0 aromatic heterocycles. The van der Waals surface area contributed by atoms with Gasteiger partial charge in [0.1, 0.15) is 5.92 Å². The normalized spacial score (nSPS) is 12.8. The van der Waals surface area contributed by atoms with Crippen LogP contribution in [-0.4, -0.2) is 86.1 Å². The van der Waals surface area contributed by atoms with Crippen LogP contribution < -0.4 is 0 Å². The van der Waals surface area contributed by atoms with E-state index in [2.05, 4.69) is 9.80 Å². The van der Waals surface area contributed by atoms with Gasteiger partial charge in [0.05, 0.1) is 0 Å². The maximum atomic E-state index is 12.2. The summed E-state index contributed by atoms with van der Waals surface area (Å²) in [4.78, 5) is 28.9. The molecular formula is C14H29N3O3. The number of amides is 1. The van der Waals surface area contributed by atoms with Gasteiger partial charge in [0.2, 0.25) is 5.91 Å². The number of carbonyl (C=O) groups excluding carboxylic acids is 1. The molecule has 0 aliphatic rings. The maximum absolute atomic E-state index is 12.2. The minimum Gasteiger partial charge on any atom is -0.481 e. The first-order chi connectivity index (χ1) is 9.25. The Kier molecular flexibility index (Phi) is 9.16. The summed E-state index contributed by atoms with van der Waals surface area (Å²) in [6, 6.07) is 0. The van der Waals surface area contributed by atoms with Gasteiger partial charge in [-0.25, -0.2) is 0 Å². The summed E-state index contributed by atoms with van der Waals surface area (Å²) in [5.74, 6) is -2.30. The molecule has 0 aromatic rings. The van der Waals surface area contributed by atoms with Crippen molar-refractivity contribution in [3.8, 4) is 0 Å². The third kappa shape index (κ3) is 8.12. The summed E-state index contributed by atoms with van der Waals surface area (Å²) < 4.78 is 0. The van der Waals surface area contributed by atoms with Gasteiger partial charge in [-0.3, -0.25) is 9.59 Å². The second-order valence-corrected chi connectivity index (χ2v) is 5.70. The Balaban J connectivity index is 4.44. The van der Waals surface area contributed by atoms with E-state index in [9.17, 15) is 9.59 Å². The van der Waals surface area contributed by atoms with E-state index in [4.69, 9.17) is 5.11 Å². The zero-order valence-corrected chi connectivity index (χ0v) is 13.4. The van der Waals surface area contributed by atoms with Crippen molar-refractivity contribution in [2.75, 3.05) is 54.4 Å². The minimum absolute atomic E-state index is 0.282. The summed E-state index contributed by atoms with van der Waals surface area (Å²) >= 11 is 0. The molecule has 0 spiro atoms. The number of aliphatic carboxylic acids is 1. The Morgan fingerprint density at radius 3 is 1.60 bits per heavy atom. The lowest BCUT2D eigenvalue weighted by Gasteiger charge is -2.26. The van der Waals surface area contributed by atoms with E-state index in [0.29, 0.717) is 13.1 Å². The second-order valence-electron chi connectivity index (χ2n) is 5.70. The molecule has 0 aromatic carbocycles. The standard InChI is InChI=1S/C14H29N3O3/c1-12(14(19)20)13(18)17(10-6-8-15(2)3)11-7-9-16(4)5/h12H,6-11H2,1-5H3,(H,19,20). The summed E-state index contributed by atoms with van der Waals surface area (Å²) in [6.07, 6.45) is 1.71. The van der Waals surface area contributed by atoms with Crippen LogP contribution in [0.1, 0.15) is 19.8 Å². The molecule has 1 amide bonds. The van der Waals surface area contributed by atoms with Gasteiger partial charge in [0.15, 0.2) is 0 Å². The Hall–Kier alpha value is -1.14. The Morgan fingerprint density at radius 2 is 1.30 bits per heavy atom. The Morgan fingerprint density at radius 1 is 0.900 bits per heavy atom. The lowest BCUT2D eigenvalue weighted by atomic mass is 10.1. The molecule has 0 saturated carbocycles. The molecule has 1 N–H and O–H groups in total. The highest BCUT2D eigenvalue weighted by atomic mass is 16.4. The van der Waals surface area contributed by atoms with Crippen LogP contribution in [0.25, 0.3) is 0 Å². The number of nitrogens with zero attached hydrogens (tertiary/aromatic N) is 3. The molecule has 1 unspecified atom stereocenters. The van der Waals surface area contributed by atoms with Gasteiger partial charge in [-0.1, -0.05) is 0 Å². The van der Waals surface area contributed by atoms with Crippen LogP contribution in [0.3, 0.4) is 0 Å². The molecule has 0 aliphatic carbocycles. The van der Waals surface area contributed by atoms with Crippen molar-refractivity contribution in [3.05, 3.63) is 0 Å². The van der Waals surface area contributed by atoms with E-state index in [1.165, 1.54) is 6.92 Å². The van der Waals surface area contributed by atoms with Crippen LogP contribution in [0.2, 0.25) is 0 Å². The van der Waals surface area contributed by atoms with Crippen LogP contribution in [-0.2, 0) is 9.59 Å². The van der Waals surface area contributed by atoms with E-state index in [1.807, 2.05) is 28.2 Å². The van der Waals surface area contributed by atoms with Gasteiger partial charge < -0.3 is 19.8 Å². The molecule has 20 heavy (non-hydrogen) atoms.